The van der Waals surface area contributed by atoms with E-state index >= 15 is 0 Å². The fraction of sp³-hybridized carbons (Fsp3) is 0.360. The van der Waals surface area contributed by atoms with Gasteiger partial charge in [-0.2, -0.15) is 0 Å². The van der Waals surface area contributed by atoms with E-state index in [1.165, 1.54) is 0 Å². The number of likely N-dealkylation sites (N-methyl/N-ethyl adjacent to an activating group) is 1. The van der Waals surface area contributed by atoms with Crippen LogP contribution in [0.5, 0.6) is 0 Å². The van der Waals surface area contributed by atoms with Gasteiger partial charge in [-0.25, -0.2) is 0 Å². The summed E-state index contributed by atoms with van der Waals surface area (Å²) in [6, 6.07) is 12.1. The number of Topliss-reactive ketones (excluding diaryl/α,β-unsaturated/α-hetero) is 1. The second-order valence-electron chi connectivity index (χ2n) is 7.89. The van der Waals surface area contributed by atoms with Gasteiger partial charge in [0, 0.05) is 23.7 Å². The molecule has 0 aromatic heterocycles. The van der Waals surface area contributed by atoms with Crippen molar-refractivity contribution >= 4 is 29.1 Å². The Bertz CT molecular complexity index is 1030. The van der Waals surface area contributed by atoms with Crippen molar-refractivity contribution in [2.24, 2.45) is 0 Å². The highest BCUT2D eigenvalue weighted by Gasteiger charge is 2.46. The van der Waals surface area contributed by atoms with Gasteiger partial charge in [-0.1, -0.05) is 55.3 Å². The van der Waals surface area contributed by atoms with E-state index in [2.05, 4.69) is 18.7 Å². The Morgan fingerprint density at radius 2 is 1.81 bits per heavy atom. The number of halogens is 1. The Labute approximate surface area is 188 Å². The van der Waals surface area contributed by atoms with E-state index in [9.17, 15) is 14.7 Å². The van der Waals surface area contributed by atoms with Crippen molar-refractivity contribution < 1.29 is 14.7 Å². The van der Waals surface area contributed by atoms with Gasteiger partial charge >= 0.3 is 0 Å². The molecule has 1 unspecified atom stereocenters. The number of carbonyl (C=O) groups is 2. The number of aliphatic hydroxyl groups excluding tert-OH is 1. The molecule has 3 rings (SSSR count). The van der Waals surface area contributed by atoms with Crippen molar-refractivity contribution in [2.45, 2.75) is 33.7 Å². The van der Waals surface area contributed by atoms with Gasteiger partial charge in [0.2, 0.25) is 0 Å². The zero-order valence-electron chi connectivity index (χ0n) is 18.5. The lowest BCUT2D eigenvalue weighted by atomic mass is 9.93. The maximum absolute atomic E-state index is 13.1. The molecular formula is C25H29ClN2O3. The number of nitrogens with zero attached hydrogens (tertiary/aromatic N) is 2. The van der Waals surface area contributed by atoms with Crippen LogP contribution in [-0.4, -0.2) is 52.8 Å². The molecule has 1 atom stereocenters. The third kappa shape index (κ3) is 4.68. The third-order valence-corrected chi connectivity index (χ3v) is 6.14. The number of hydrogen-bond acceptors (Lipinski definition) is 4. The zero-order chi connectivity index (χ0) is 22.7. The Hall–Kier alpha value is -2.63. The molecule has 6 heteroatoms. The van der Waals surface area contributed by atoms with Crippen LogP contribution in [0.15, 0.2) is 48.0 Å². The van der Waals surface area contributed by atoms with Gasteiger partial charge in [-0.05, 0) is 56.3 Å². The second kappa shape index (κ2) is 9.67. The van der Waals surface area contributed by atoms with Gasteiger partial charge in [-0.15, -0.1) is 0 Å². The molecule has 5 nitrogen and oxygen atoms in total. The Morgan fingerprint density at radius 3 is 2.45 bits per heavy atom. The van der Waals surface area contributed by atoms with Gasteiger partial charge in [0.15, 0.2) is 0 Å². The topological polar surface area (TPSA) is 60.9 Å². The van der Waals surface area contributed by atoms with Crippen LogP contribution in [0.4, 0.5) is 0 Å². The van der Waals surface area contributed by atoms with Crippen molar-refractivity contribution in [1.82, 2.24) is 9.80 Å². The van der Waals surface area contributed by atoms with Crippen LogP contribution >= 0.6 is 11.6 Å². The van der Waals surface area contributed by atoms with Crippen LogP contribution in [0.25, 0.3) is 5.76 Å². The second-order valence-corrected chi connectivity index (χ2v) is 8.33. The predicted octanol–water partition coefficient (Wildman–Crippen LogP) is 4.72. The minimum atomic E-state index is -0.686. The average molecular weight is 441 g/mol. The molecule has 1 aliphatic heterocycles. The molecule has 1 heterocycles. The number of hydrogen-bond donors (Lipinski definition) is 1. The SMILES string of the molecule is CCN(CC)CCN1C(=O)C(=O)/C(=C(/O)c2cc(C)ccc2C)C1c1cccc(Cl)c1. The van der Waals surface area contributed by atoms with Crippen LogP contribution in [0, 0.1) is 13.8 Å². The third-order valence-electron chi connectivity index (χ3n) is 5.90. The number of likely N-dealkylation sites (tertiary alicyclic amines) is 1. The molecule has 1 saturated heterocycles. The van der Waals surface area contributed by atoms with Crippen LogP contribution in [0.2, 0.25) is 5.02 Å². The Balaban J connectivity index is 2.15. The smallest absolute Gasteiger partial charge is 0.295 e. The van der Waals surface area contributed by atoms with Crippen LogP contribution in [0.1, 0.15) is 42.1 Å². The van der Waals surface area contributed by atoms with Gasteiger partial charge in [0.1, 0.15) is 5.76 Å². The molecule has 1 fully saturated rings. The monoisotopic (exact) mass is 440 g/mol. The van der Waals surface area contributed by atoms with Crippen LogP contribution in [0.3, 0.4) is 0 Å². The summed E-state index contributed by atoms with van der Waals surface area (Å²) < 4.78 is 0. The molecule has 0 radical (unpaired) electrons. The molecule has 0 saturated carbocycles. The average Bonchev–Trinajstić information content (AvgIpc) is 3.00. The molecule has 0 bridgehead atoms. The maximum Gasteiger partial charge on any atom is 0.295 e. The minimum absolute atomic E-state index is 0.112. The molecule has 164 valence electrons. The van der Waals surface area contributed by atoms with E-state index in [1.54, 1.807) is 23.1 Å². The van der Waals surface area contributed by atoms with Gasteiger partial charge < -0.3 is 14.9 Å². The number of benzene rings is 2. The van der Waals surface area contributed by atoms with Crippen molar-refractivity contribution in [2.75, 3.05) is 26.2 Å². The lowest BCUT2D eigenvalue weighted by Crippen LogP contribution is -2.38. The van der Waals surface area contributed by atoms with E-state index in [0.29, 0.717) is 29.2 Å². The highest BCUT2D eigenvalue weighted by Crippen LogP contribution is 2.40. The fourth-order valence-corrected chi connectivity index (χ4v) is 4.26. The first-order valence-corrected chi connectivity index (χ1v) is 11.0. The molecule has 0 spiro atoms. The zero-order valence-corrected chi connectivity index (χ0v) is 19.2. The molecule has 2 aromatic carbocycles. The first kappa shape index (κ1) is 23.0. The first-order valence-electron chi connectivity index (χ1n) is 10.6. The number of carbonyl (C=O) groups excluding carboxylic acids is 2. The van der Waals surface area contributed by atoms with E-state index in [0.717, 1.165) is 24.2 Å². The van der Waals surface area contributed by atoms with Gasteiger partial charge in [0.25, 0.3) is 11.7 Å². The normalized spacial score (nSPS) is 18.3. The standard InChI is InChI=1S/C25H29ClN2O3/c1-5-27(6-2)12-13-28-22(18-8-7-9-19(26)15-18)21(24(30)25(28)31)23(29)20-14-16(3)10-11-17(20)4/h7-11,14-15,22,29H,5-6,12-13H2,1-4H3/b23-21+. The summed E-state index contributed by atoms with van der Waals surface area (Å²) in [7, 11) is 0. The molecular weight excluding hydrogens is 412 g/mol. The number of aryl methyl sites for hydroxylation is 2. The van der Waals surface area contributed by atoms with E-state index in [1.807, 2.05) is 38.1 Å². The lowest BCUT2D eigenvalue weighted by Gasteiger charge is -2.28. The number of rotatable bonds is 7. The van der Waals surface area contributed by atoms with E-state index in [4.69, 9.17) is 11.6 Å². The summed E-state index contributed by atoms with van der Waals surface area (Å²) in [6.07, 6.45) is 0. The van der Waals surface area contributed by atoms with Gasteiger partial charge in [-0.3, -0.25) is 9.59 Å². The quantitative estimate of drug-likeness (QED) is 0.384. The minimum Gasteiger partial charge on any atom is -0.507 e. The van der Waals surface area contributed by atoms with Crippen molar-refractivity contribution in [3.63, 3.8) is 0 Å². The van der Waals surface area contributed by atoms with Crippen molar-refractivity contribution in [3.05, 3.63) is 75.3 Å². The lowest BCUT2D eigenvalue weighted by molar-refractivity contribution is -0.140. The van der Waals surface area contributed by atoms with E-state index < -0.39 is 17.7 Å². The van der Waals surface area contributed by atoms with Crippen LogP contribution < -0.4 is 0 Å². The molecule has 0 aliphatic carbocycles. The van der Waals surface area contributed by atoms with E-state index in [-0.39, 0.29) is 11.3 Å². The number of amides is 1. The predicted molar refractivity (Wildman–Crippen MR) is 124 cm³/mol. The number of aliphatic hydroxyl groups is 1. The van der Waals surface area contributed by atoms with Crippen LogP contribution in [-0.2, 0) is 9.59 Å². The first-order chi connectivity index (χ1) is 14.8. The highest BCUT2D eigenvalue weighted by atomic mass is 35.5. The molecule has 1 aliphatic rings. The maximum atomic E-state index is 13.1. The summed E-state index contributed by atoms with van der Waals surface area (Å²) in [5, 5.41) is 11.8. The summed E-state index contributed by atoms with van der Waals surface area (Å²) in [5.41, 5.74) is 3.18. The highest BCUT2D eigenvalue weighted by molar-refractivity contribution is 6.46. The summed E-state index contributed by atoms with van der Waals surface area (Å²) in [4.78, 5) is 29.9. The summed E-state index contributed by atoms with van der Waals surface area (Å²) in [6.45, 7) is 10.6. The van der Waals surface area contributed by atoms with Crippen molar-refractivity contribution in [1.29, 1.82) is 0 Å². The molecule has 1 N–H and O–H groups in total. The largest absolute Gasteiger partial charge is 0.507 e. The molecule has 31 heavy (non-hydrogen) atoms. The number of ketones is 1. The van der Waals surface area contributed by atoms with Crippen molar-refractivity contribution in [3.8, 4) is 0 Å². The molecule has 1 amide bonds. The fourth-order valence-electron chi connectivity index (χ4n) is 4.06. The molecule has 2 aromatic rings. The summed E-state index contributed by atoms with van der Waals surface area (Å²) >= 11 is 6.23. The Kier molecular flexibility index (Phi) is 7.19. The summed E-state index contributed by atoms with van der Waals surface area (Å²) in [5.74, 6) is -1.40. The Morgan fingerprint density at radius 1 is 1.10 bits per heavy atom. The van der Waals surface area contributed by atoms with Gasteiger partial charge in [0.05, 0.1) is 11.6 Å².